The van der Waals surface area contributed by atoms with Crippen LogP contribution >= 0.6 is 11.3 Å². The molecule has 1 heterocycles. The number of rotatable bonds is 4. The molecule has 3 N–H and O–H groups in total. The molecule has 0 radical (unpaired) electrons. The lowest BCUT2D eigenvalue weighted by Gasteiger charge is -2.06. The van der Waals surface area contributed by atoms with Gasteiger partial charge in [-0.15, -0.1) is 11.3 Å². The van der Waals surface area contributed by atoms with E-state index in [0.717, 1.165) is 11.3 Å². The van der Waals surface area contributed by atoms with Gasteiger partial charge in [-0.05, 0) is 42.5 Å². The number of sulfonamides is 1. The number of hydrogen-bond acceptors (Lipinski definition) is 6. The quantitative estimate of drug-likeness (QED) is 0.738. The molecule has 0 saturated carbocycles. The second-order valence-electron chi connectivity index (χ2n) is 4.89. The molecule has 0 aliphatic rings. The summed E-state index contributed by atoms with van der Waals surface area (Å²) >= 11 is 0.954. The summed E-state index contributed by atoms with van der Waals surface area (Å²) in [7, 11) is -2.29. The van der Waals surface area contributed by atoms with Gasteiger partial charge in [0.25, 0.3) is 15.9 Å². The number of nitrogens with zero attached hydrogens (tertiary/aromatic N) is 1. The summed E-state index contributed by atoms with van der Waals surface area (Å²) < 4.78 is 28.2. The van der Waals surface area contributed by atoms with Crippen LogP contribution in [0.25, 0.3) is 10.2 Å². The maximum Gasteiger partial charge on any atom is 0.265 e. The molecule has 0 aliphatic carbocycles. The lowest BCUT2D eigenvalue weighted by atomic mass is 10.2. The molecule has 3 aromatic rings. The first-order chi connectivity index (χ1) is 11.4. The van der Waals surface area contributed by atoms with Crippen molar-refractivity contribution in [1.82, 2.24) is 4.98 Å². The fraction of sp³-hybridized carbons (Fsp3) is 0.0667. The van der Waals surface area contributed by atoms with Gasteiger partial charge in [-0.1, -0.05) is 0 Å². The van der Waals surface area contributed by atoms with Crippen LogP contribution in [0.3, 0.4) is 0 Å². The second-order valence-corrected chi connectivity index (χ2v) is 7.66. The smallest absolute Gasteiger partial charge is 0.265 e. The Kier molecular flexibility index (Phi) is 4.22. The van der Waals surface area contributed by atoms with E-state index in [0.29, 0.717) is 27.2 Å². The van der Waals surface area contributed by atoms with Gasteiger partial charge in [0.2, 0.25) is 4.34 Å². The first-order valence-electron chi connectivity index (χ1n) is 6.75. The monoisotopic (exact) mass is 363 g/mol. The minimum atomic E-state index is -3.84. The number of primary sulfonamides is 1. The molecule has 1 amide bonds. The van der Waals surface area contributed by atoms with E-state index in [9.17, 15) is 13.2 Å². The number of amides is 1. The molecule has 124 valence electrons. The summed E-state index contributed by atoms with van der Waals surface area (Å²) in [6.45, 7) is 0. The van der Waals surface area contributed by atoms with Gasteiger partial charge in [0.15, 0.2) is 0 Å². The number of methoxy groups -OCH3 is 1. The third kappa shape index (κ3) is 3.37. The number of carbonyl (C=O) groups is 1. The zero-order chi connectivity index (χ0) is 17.3. The third-order valence-corrected chi connectivity index (χ3v) is 5.56. The summed E-state index contributed by atoms with van der Waals surface area (Å²) in [5.74, 6) is 0.376. The molecule has 3 rings (SSSR count). The standard InChI is InChI=1S/C15H13N3O4S2/c1-22-11-5-2-9(3-6-11)14(19)17-10-4-7-12-13(8-10)23-15(18-12)24(16,20)21/h2-8H,1H3,(H,17,19)(H2,16,20,21). The molecule has 24 heavy (non-hydrogen) atoms. The average Bonchev–Trinajstić information content (AvgIpc) is 2.98. The van der Waals surface area contributed by atoms with E-state index in [2.05, 4.69) is 10.3 Å². The van der Waals surface area contributed by atoms with E-state index in [1.165, 1.54) is 0 Å². The fourth-order valence-electron chi connectivity index (χ4n) is 2.05. The topological polar surface area (TPSA) is 111 Å². The molecule has 0 saturated heterocycles. The predicted molar refractivity (Wildman–Crippen MR) is 91.9 cm³/mol. The normalized spacial score (nSPS) is 11.4. The maximum absolute atomic E-state index is 12.2. The molecule has 0 atom stereocenters. The van der Waals surface area contributed by atoms with Crippen molar-refractivity contribution in [2.75, 3.05) is 12.4 Å². The average molecular weight is 363 g/mol. The second kappa shape index (κ2) is 6.19. The van der Waals surface area contributed by atoms with Crippen LogP contribution in [0.2, 0.25) is 0 Å². The van der Waals surface area contributed by atoms with Crippen LogP contribution in [-0.4, -0.2) is 26.4 Å². The Morgan fingerprint density at radius 2 is 1.92 bits per heavy atom. The Morgan fingerprint density at radius 1 is 1.21 bits per heavy atom. The Bertz CT molecular complexity index is 1010. The largest absolute Gasteiger partial charge is 0.497 e. The summed E-state index contributed by atoms with van der Waals surface area (Å²) in [5.41, 5.74) is 1.52. The number of fused-ring (bicyclic) bond motifs is 1. The van der Waals surface area contributed by atoms with Crippen molar-refractivity contribution in [3.63, 3.8) is 0 Å². The Hall–Kier alpha value is -2.49. The molecule has 7 nitrogen and oxygen atoms in total. The number of thiazole rings is 1. The third-order valence-electron chi connectivity index (χ3n) is 3.22. The number of nitrogens with one attached hydrogen (secondary N) is 1. The highest BCUT2D eigenvalue weighted by Gasteiger charge is 2.15. The van der Waals surface area contributed by atoms with Gasteiger partial charge in [-0.3, -0.25) is 4.79 Å². The summed E-state index contributed by atoms with van der Waals surface area (Å²) in [5, 5.41) is 7.83. The van der Waals surface area contributed by atoms with Crippen molar-refractivity contribution < 1.29 is 17.9 Å². The van der Waals surface area contributed by atoms with Crippen LogP contribution in [0.5, 0.6) is 5.75 Å². The van der Waals surface area contributed by atoms with Gasteiger partial charge in [0, 0.05) is 11.3 Å². The summed E-state index contributed by atoms with van der Waals surface area (Å²) in [4.78, 5) is 16.2. The molecule has 0 fully saturated rings. The van der Waals surface area contributed by atoms with Crippen LogP contribution in [0.4, 0.5) is 5.69 Å². The number of carbonyl (C=O) groups excluding carboxylic acids is 1. The van der Waals surface area contributed by atoms with E-state index >= 15 is 0 Å². The van der Waals surface area contributed by atoms with Gasteiger partial charge >= 0.3 is 0 Å². The van der Waals surface area contributed by atoms with E-state index < -0.39 is 10.0 Å². The predicted octanol–water partition coefficient (Wildman–Crippen LogP) is 2.20. The van der Waals surface area contributed by atoms with E-state index in [-0.39, 0.29) is 10.2 Å². The zero-order valence-corrected chi connectivity index (χ0v) is 14.1. The minimum Gasteiger partial charge on any atom is -0.497 e. The van der Waals surface area contributed by atoms with Crippen LogP contribution in [0, 0.1) is 0 Å². The molecule has 1 aromatic heterocycles. The van der Waals surface area contributed by atoms with Gasteiger partial charge in [-0.25, -0.2) is 18.5 Å². The molecule has 9 heteroatoms. The number of hydrogen-bond donors (Lipinski definition) is 2. The van der Waals surface area contributed by atoms with Gasteiger partial charge in [-0.2, -0.15) is 0 Å². The number of nitrogens with two attached hydrogens (primary N) is 1. The number of ether oxygens (including phenoxy) is 1. The van der Waals surface area contributed by atoms with Crippen molar-refractivity contribution >= 4 is 43.2 Å². The zero-order valence-electron chi connectivity index (χ0n) is 12.5. The van der Waals surface area contributed by atoms with Crippen LogP contribution < -0.4 is 15.2 Å². The van der Waals surface area contributed by atoms with Gasteiger partial charge < -0.3 is 10.1 Å². The van der Waals surface area contributed by atoms with E-state index in [4.69, 9.17) is 9.88 Å². The van der Waals surface area contributed by atoms with Crippen LogP contribution in [0.1, 0.15) is 10.4 Å². The lowest BCUT2D eigenvalue weighted by Crippen LogP contribution is -2.11. The highest BCUT2D eigenvalue weighted by molar-refractivity contribution is 7.91. The molecular weight excluding hydrogens is 350 g/mol. The molecule has 0 spiro atoms. The van der Waals surface area contributed by atoms with Gasteiger partial charge in [0.05, 0.1) is 17.3 Å². The van der Waals surface area contributed by atoms with Crippen molar-refractivity contribution in [2.24, 2.45) is 5.14 Å². The first-order valence-corrected chi connectivity index (χ1v) is 9.12. The Balaban J connectivity index is 1.85. The van der Waals surface area contributed by atoms with Crippen molar-refractivity contribution in [1.29, 1.82) is 0 Å². The van der Waals surface area contributed by atoms with E-state index in [1.54, 1.807) is 49.6 Å². The van der Waals surface area contributed by atoms with Crippen LogP contribution in [0.15, 0.2) is 46.8 Å². The van der Waals surface area contributed by atoms with E-state index in [1.807, 2.05) is 0 Å². The molecule has 0 bridgehead atoms. The van der Waals surface area contributed by atoms with Crippen molar-refractivity contribution in [3.05, 3.63) is 48.0 Å². The first kappa shape index (κ1) is 16.4. The fourth-order valence-corrected chi connectivity index (χ4v) is 3.74. The van der Waals surface area contributed by atoms with Crippen molar-refractivity contribution in [3.8, 4) is 5.75 Å². The minimum absolute atomic E-state index is 0.156. The lowest BCUT2D eigenvalue weighted by molar-refractivity contribution is 0.102. The highest BCUT2D eigenvalue weighted by atomic mass is 32.2. The number of benzene rings is 2. The van der Waals surface area contributed by atoms with Gasteiger partial charge in [0.1, 0.15) is 5.75 Å². The molecule has 2 aromatic carbocycles. The highest BCUT2D eigenvalue weighted by Crippen LogP contribution is 2.27. The SMILES string of the molecule is COc1ccc(C(=O)Nc2ccc3nc(S(N)(=O)=O)sc3c2)cc1. The Labute approximate surface area is 142 Å². The molecule has 0 unspecified atom stereocenters. The maximum atomic E-state index is 12.2. The van der Waals surface area contributed by atoms with Crippen LogP contribution in [-0.2, 0) is 10.0 Å². The summed E-state index contributed by atoms with van der Waals surface area (Å²) in [6.07, 6.45) is 0. The molecular formula is C15H13N3O4S2. The summed E-state index contributed by atoms with van der Waals surface area (Å²) in [6, 6.07) is 11.6. The Morgan fingerprint density at radius 3 is 2.54 bits per heavy atom. The number of aromatic nitrogens is 1. The number of anilines is 1. The van der Waals surface area contributed by atoms with Crippen molar-refractivity contribution in [2.45, 2.75) is 4.34 Å². The molecule has 0 aliphatic heterocycles.